The zero-order valence-electron chi connectivity index (χ0n) is 81.0. The highest BCUT2D eigenvalue weighted by Gasteiger charge is 2.56. The largest absolute Gasteiger partial charge is 0.507 e. The lowest BCUT2D eigenvalue weighted by Gasteiger charge is -2.45. The minimum atomic E-state index is -0.781. The molecule has 5 aromatic heterocycles. The molecule has 20 rings (SSSR count). The van der Waals surface area contributed by atoms with E-state index in [0.29, 0.717) is 53.5 Å². The number of nitrogens with one attached hydrogen (secondary N) is 1. The number of rotatable bonds is 15. The number of hydrogen-bond donors (Lipinski definition) is 7. The number of piperidine rings is 3. The lowest BCUT2D eigenvalue weighted by atomic mass is 9.70. The number of aromatic nitrogens is 2. The van der Waals surface area contributed by atoms with Crippen LogP contribution in [0.4, 0.5) is 0 Å². The summed E-state index contributed by atoms with van der Waals surface area (Å²) in [6, 6.07) is 51.7. The lowest BCUT2D eigenvalue weighted by Crippen LogP contribution is -2.57. The van der Waals surface area contributed by atoms with E-state index in [1.165, 1.54) is 35.8 Å². The van der Waals surface area contributed by atoms with Crippen LogP contribution >= 0.6 is 56.9 Å². The summed E-state index contributed by atoms with van der Waals surface area (Å²) in [5.74, 6) is 1.75. The van der Waals surface area contributed by atoms with Crippen molar-refractivity contribution in [1.82, 2.24) is 49.6 Å². The number of phenolic OH excluding ortho intramolecular Hbond substituents is 1. The zero-order chi connectivity index (χ0) is 101. The quantitative estimate of drug-likeness (QED) is 0.0501. The number of likely N-dealkylation sites (tertiary alicyclic amines) is 2. The Balaban J connectivity index is 0.000000129. The molecule has 734 valence electrons. The first-order valence-corrected chi connectivity index (χ1v) is 51.4. The number of amides is 7. The highest BCUT2D eigenvalue weighted by Crippen LogP contribution is 2.53. The highest BCUT2D eigenvalue weighted by molar-refractivity contribution is 7.11. The number of hydrogen-bond acceptors (Lipinski definition) is 28. The Morgan fingerprint density at radius 2 is 0.810 bits per heavy atom. The molecule has 13 heterocycles. The molecule has 3 saturated heterocycles. The van der Waals surface area contributed by atoms with Crippen LogP contribution in [-0.2, 0) is 61.3 Å². The average Bonchev–Trinajstić information content (AvgIpc) is 1.33. The molecule has 7 amide bonds. The van der Waals surface area contributed by atoms with E-state index >= 15 is 0 Å². The summed E-state index contributed by atoms with van der Waals surface area (Å²) >= 11 is 12.3. The van der Waals surface area contributed by atoms with Gasteiger partial charge in [0.25, 0.3) is 0 Å². The fourth-order valence-corrected chi connectivity index (χ4v) is 24.6. The van der Waals surface area contributed by atoms with Crippen LogP contribution in [0.5, 0.6) is 5.75 Å². The number of nitrogens with zero attached hydrogens (tertiary/aromatic N) is 17. The summed E-state index contributed by atoms with van der Waals surface area (Å²) in [4.78, 5) is 136. The van der Waals surface area contributed by atoms with Gasteiger partial charge in [-0.05, 0) is 281 Å². The monoisotopic (exact) mass is 2000 g/mol. The molecule has 12 N–H and O–H groups in total. The van der Waals surface area contributed by atoms with Crippen LogP contribution in [0.25, 0.3) is 55.8 Å². The number of benzene rings is 5. The molecular weight excluding hydrogens is 1890 g/mol. The Morgan fingerprint density at radius 1 is 0.430 bits per heavy atom. The highest BCUT2D eigenvalue weighted by atomic mass is 35.5. The van der Waals surface area contributed by atoms with Crippen LogP contribution in [0.1, 0.15) is 154 Å². The minimum absolute atomic E-state index is 0.0107. The first kappa shape index (κ1) is 101. The van der Waals surface area contributed by atoms with E-state index in [1.54, 1.807) is 118 Å². The predicted octanol–water partition coefficient (Wildman–Crippen LogP) is 14.7. The number of nitrogens with two attached hydrogens (primary N) is 5. The topological polar surface area (TPSA) is 463 Å². The van der Waals surface area contributed by atoms with Gasteiger partial charge in [0.1, 0.15) is 32.9 Å². The van der Waals surface area contributed by atoms with Crippen molar-refractivity contribution in [3.63, 3.8) is 0 Å². The van der Waals surface area contributed by atoms with Crippen molar-refractivity contribution < 1.29 is 38.7 Å². The van der Waals surface area contributed by atoms with Gasteiger partial charge in [-0.3, -0.25) is 63.0 Å². The normalized spacial score (nSPS) is 24.4. The van der Waals surface area contributed by atoms with Gasteiger partial charge in [0.15, 0.2) is 29.8 Å². The summed E-state index contributed by atoms with van der Waals surface area (Å²) in [6.07, 6.45) is 13.1. The average molecular weight is 2000 g/mol. The molecule has 31 nitrogen and oxygen atoms in total. The molecule has 2 aliphatic carbocycles. The number of guanidine groups is 5. The van der Waals surface area contributed by atoms with Crippen molar-refractivity contribution in [1.29, 1.82) is 15.8 Å². The summed E-state index contributed by atoms with van der Waals surface area (Å²) in [7, 11) is 8.33. The first-order chi connectivity index (χ1) is 67.9. The van der Waals surface area contributed by atoms with E-state index in [-0.39, 0.29) is 137 Å². The van der Waals surface area contributed by atoms with E-state index in [0.717, 1.165) is 153 Å². The van der Waals surface area contributed by atoms with Crippen LogP contribution in [-0.4, -0.2) is 195 Å². The summed E-state index contributed by atoms with van der Waals surface area (Å²) < 4.78 is 0. The third kappa shape index (κ3) is 21.1. The second-order valence-corrected chi connectivity index (χ2v) is 42.9. The van der Waals surface area contributed by atoms with Crippen LogP contribution in [0.2, 0.25) is 5.02 Å². The van der Waals surface area contributed by atoms with Crippen molar-refractivity contribution in [3.8, 4) is 79.7 Å². The molecule has 8 atom stereocenters. The predicted molar refractivity (Wildman–Crippen MR) is 555 cm³/mol. The van der Waals surface area contributed by atoms with Crippen molar-refractivity contribution >= 4 is 128 Å². The molecule has 36 heteroatoms. The maximum atomic E-state index is 13.6. The number of phenols is 1. The van der Waals surface area contributed by atoms with Crippen molar-refractivity contribution in [2.45, 2.75) is 139 Å². The minimum Gasteiger partial charge on any atom is -0.507 e. The number of nitriles is 3. The summed E-state index contributed by atoms with van der Waals surface area (Å²) in [6.45, 7) is 14.4. The number of pyridine rings is 1. The molecule has 0 unspecified atom stereocenters. The lowest BCUT2D eigenvalue weighted by molar-refractivity contribution is -0.140. The molecule has 10 aliphatic rings. The third-order valence-corrected chi connectivity index (χ3v) is 33.9. The maximum Gasteiger partial charge on any atom is 0.235 e. The smallest absolute Gasteiger partial charge is 0.235 e. The number of carbonyl (C=O) groups excluding carboxylic acids is 7. The second kappa shape index (κ2) is 41.7. The third-order valence-electron chi connectivity index (χ3n) is 29.1. The van der Waals surface area contributed by atoms with Gasteiger partial charge in [-0.1, -0.05) is 66.2 Å². The first-order valence-electron chi connectivity index (χ1n) is 47.5. The SMILES string of the molecule is CN1C(=O)C[C@@](C)(c2cccc(-c3cc(Cl)ccc3O)c2)N=C1N.CN1C(=O)C[C@@](C)(c2nc(-c3cccnc3)cs2)N=C1N.CN1C(=O)[C@@H](C2CCN(C(=O)C3CC3)CC2)[C@@](C)(c2cc(-c3cccc(C#N)c3)cs2)N=C1N.CN1C(=O)[C@@H](C2CCNCC2)[C@@](C)(c2cc(-c3cccc(C#N)c3)cs2)N=C1N.CN1C(=O)[C@H](C2CCN(C(=O)C3CC3)CC2)[C@@](C)(c2cc(-c3cccc(C#N)c3)cs2)N=C1N. The number of aliphatic imine (C=N–C) groups is 5. The number of thiophene rings is 3. The molecule has 2 saturated carbocycles. The van der Waals surface area contributed by atoms with Gasteiger partial charge in [-0.15, -0.1) is 45.3 Å². The molecule has 5 aromatic carbocycles. The summed E-state index contributed by atoms with van der Waals surface area (Å²) in [5.41, 5.74) is 38.4. The molecule has 0 spiro atoms. The molecule has 5 fully saturated rings. The van der Waals surface area contributed by atoms with Gasteiger partial charge in [0, 0.05) is 122 Å². The van der Waals surface area contributed by atoms with Crippen molar-refractivity contribution in [2.75, 3.05) is 74.5 Å². The Labute approximate surface area is 847 Å². The van der Waals surface area contributed by atoms with Gasteiger partial charge in [0.05, 0.1) is 76.7 Å². The Bertz CT molecular complexity index is 6630. The van der Waals surface area contributed by atoms with E-state index in [2.05, 4.69) is 77.8 Å². The van der Waals surface area contributed by atoms with Gasteiger partial charge in [-0.2, -0.15) is 15.8 Å². The second-order valence-electron chi connectivity index (χ2n) is 38.9. The maximum absolute atomic E-state index is 13.6. The van der Waals surface area contributed by atoms with E-state index in [1.807, 2.05) is 141 Å². The van der Waals surface area contributed by atoms with Gasteiger partial charge < -0.3 is 48.9 Å². The molecule has 10 aromatic rings. The van der Waals surface area contributed by atoms with E-state index < -0.39 is 27.7 Å². The molecule has 0 bridgehead atoms. The Morgan fingerprint density at radius 3 is 1.20 bits per heavy atom. The van der Waals surface area contributed by atoms with E-state index in [9.17, 15) is 54.5 Å². The molecular formula is C106H116ClN23O8S4. The van der Waals surface area contributed by atoms with Gasteiger partial charge in [-0.25, -0.2) is 29.9 Å². The Hall–Kier alpha value is -13.9. The summed E-state index contributed by atoms with van der Waals surface area (Å²) in [5, 5.41) is 50.7. The van der Waals surface area contributed by atoms with Crippen LogP contribution < -0.4 is 34.0 Å². The molecule has 8 aliphatic heterocycles. The number of halogens is 1. The number of carbonyl (C=O) groups is 7. The van der Waals surface area contributed by atoms with Crippen LogP contribution in [0, 0.1) is 81.3 Å². The fraction of sp³-hybridized carbons (Fsp3) is 0.387. The molecule has 0 radical (unpaired) electrons. The zero-order valence-corrected chi connectivity index (χ0v) is 85.0. The molecule has 142 heavy (non-hydrogen) atoms. The number of thiazole rings is 1. The standard InChI is InChI=1S/2C26H29N5O2S.C22H25N5OS.C18H18ClN3O2.C14H15N5OS/c2*1-26(21-13-20(15-34-21)19-5-3-4-16(12-19)14-27)22(24(33)30(2)25(28)29-26)17-8-10-31(11-9-17)23(32)18-6-7-18;1-22(18-11-17(13-29-18)16-5-3-4-14(10-16)12-23)19(15-6-8-25-9-7-15)20(28)27(2)21(24)26-22;1-18(10-16(24)22(2)17(20)21-18)12-5-3-4-11(8-12)14-9-13(19)6-7-15(14)23;1-14(6-11(20)19(2)13(15)18-14)12-17-10(8-21-12)9-4-3-5-16-7-9/h2*3-5,12-13,15,17-18,22H,6-11H2,1-2H3,(H2,28,29);3-5,10-11,13,15,19,25H,6-9H2,1-2H3,(H2,24,26);3-9,23H,10H2,1-2H3,(H2,20,21);3-5,7-8H,6H2,1-2H3,(H2,15,18)/t22-,26+;22-,26-;19-,22-;18-;14-/m01100/s1. The van der Waals surface area contributed by atoms with Crippen molar-refractivity contribution in [3.05, 3.63) is 226 Å². The Kier molecular flexibility index (Phi) is 29.7. The van der Waals surface area contributed by atoms with Crippen molar-refractivity contribution in [2.24, 2.45) is 101 Å². The van der Waals surface area contributed by atoms with Gasteiger partial charge in [0.2, 0.25) is 41.4 Å². The van der Waals surface area contributed by atoms with Crippen LogP contribution in [0.3, 0.4) is 0 Å². The van der Waals surface area contributed by atoms with Crippen LogP contribution in [0.15, 0.2) is 204 Å². The van der Waals surface area contributed by atoms with E-state index in [4.69, 9.17) is 55.2 Å². The van der Waals surface area contributed by atoms with Gasteiger partial charge >= 0.3 is 0 Å². The fourth-order valence-electron chi connectivity index (χ4n) is 20.3. The number of aromatic hydroxyl groups is 1.